The first-order valence-corrected chi connectivity index (χ1v) is 7.99. The maximum Gasteiger partial charge on any atom is 0.416 e. The molecule has 134 valence electrons. The van der Waals surface area contributed by atoms with Crippen LogP contribution in [0.2, 0.25) is 0 Å². The molecule has 0 aliphatic carbocycles. The molecule has 0 heterocycles. The highest BCUT2D eigenvalue weighted by molar-refractivity contribution is 5.87. The molecule has 1 aromatic rings. The highest BCUT2D eigenvalue weighted by atomic mass is 19.4. The number of amides is 2. The van der Waals surface area contributed by atoms with Crippen molar-refractivity contribution >= 4 is 11.8 Å². The van der Waals surface area contributed by atoms with E-state index >= 15 is 0 Å². The standard InChI is InChI=1S/C17H23F3N2O2/c1-2-3-4-5-6-14(16(21)24)22-15(23)11-12-7-9-13(10-8-12)17(18,19)20/h7-10,14H,2-6,11H2,1H3,(H2,21,24)(H,22,23)/t14-/m1/s1. The lowest BCUT2D eigenvalue weighted by molar-refractivity contribution is -0.137. The predicted molar refractivity (Wildman–Crippen MR) is 85.0 cm³/mol. The number of nitrogens with one attached hydrogen (secondary N) is 1. The van der Waals surface area contributed by atoms with Crippen LogP contribution >= 0.6 is 0 Å². The summed E-state index contributed by atoms with van der Waals surface area (Å²) >= 11 is 0. The summed E-state index contributed by atoms with van der Waals surface area (Å²) in [6, 6.07) is 3.62. The Hall–Kier alpha value is -2.05. The molecule has 0 aliphatic heterocycles. The van der Waals surface area contributed by atoms with E-state index < -0.39 is 29.6 Å². The minimum atomic E-state index is -4.41. The molecule has 0 bridgehead atoms. The third-order valence-electron chi connectivity index (χ3n) is 3.67. The van der Waals surface area contributed by atoms with Gasteiger partial charge in [-0.3, -0.25) is 9.59 Å². The van der Waals surface area contributed by atoms with E-state index in [1.165, 1.54) is 12.1 Å². The van der Waals surface area contributed by atoms with Gasteiger partial charge in [0.2, 0.25) is 11.8 Å². The molecule has 0 spiro atoms. The van der Waals surface area contributed by atoms with E-state index in [2.05, 4.69) is 12.2 Å². The third-order valence-corrected chi connectivity index (χ3v) is 3.67. The number of benzene rings is 1. The Morgan fingerprint density at radius 1 is 1.12 bits per heavy atom. The molecule has 0 aliphatic rings. The van der Waals surface area contributed by atoms with E-state index in [1.54, 1.807) is 0 Å². The number of unbranched alkanes of at least 4 members (excludes halogenated alkanes) is 3. The number of primary amides is 1. The van der Waals surface area contributed by atoms with Crippen molar-refractivity contribution in [2.75, 3.05) is 0 Å². The predicted octanol–water partition coefficient (Wildman–Crippen LogP) is 3.19. The Morgan fingerprint density at radius 3 is 2.25 bits per heavy atom. The molecule has 0 radical (unpaired) electrons. The zero-order valence-corrected chi connectivity index (χ0v) is 13.7. The van der Waals surface area contributed by atoms with Crippen molar-refractivity contribution in [3.05, 3.63) is 35.4 Å². The molecule has 1 aromatic carbocycles. The topological polar surface area (TPSA) is 72.2 Å². The molecule has 2 amide bonds. The number of hydrogen-bond donors (Lipinski definition) is 2. The summed E-state index contributed by atoms with van der Waals surface area (Å²) in [5.74, 6) is -1.04. The van der Waals surface area contributed by atoms with E-state index in [0.29, 0.717) is 12.0 Å². The second-order valence-corrected chi connectivity index (χ2v) is 5.74. The minimum Gasteiger partial charge on any atom is -0.368 e. The molecule has 4 nitrogen and oxygen atoms in total. The van der Waals surface area contributed by atoms with Crippen LogP contribution in [0.15, 0.2) is 24.3 Å². The summed E-state index contributed by atoms with van der Waals surface area (Å²) < 4.78 is 37.5. The lowest BCUT2D eigenvalue weighted by Gasteiger charge is -2.15. The van der Waals surface area contributed by atoms with Crippen LogP contribution in [0.1, 0.15) is 50.2 Å². The van der Waals surface area contributed by atoms with Crippen LogP contribution in [0, 0.1) is 0 Å². The monoisotopic (exact) mass is 344 g/mol. The fourth-order valence-electron chi connectivity index (χ4n) is 2.30. The summed E-state index contributed by atoms with van der Waals surface area (Å²) in [6.45, 7) is 2.07. The molecular weight excluding hydrogens is 321 g/mol. The average Bonchev–Trinajstić information content (AvgIpc) is 2.49. The lowest BCUT2D eigenvalue weighted by atomic mass is 10.1. The number of halogens is 3. The van der Waals surface area contributed by atoms with Gasteiger partial charge in [0.15, 0.2) is 0 Å². The summed E-state index contributed by atoms with van der Waals surface area (Å²) in [6.07, 6.45) is -0.204. The molecule has 0 fully saturated rings. The van der Waals surface area contributed by atoms with Crippen LogP contribution in [0.25, 0.3) is 0 Å². The Kier molecular flexibility index (Phi) is 7.74. The summed E-state index contributed by atoms with van der Waals surface area (Å²) in [7, 11) is 0. The van der Waals surface area contributed by atoms with Crippen molar-refractivity contribution in [1.29, 1.82) is 0 Å². The molecule has 0 saturated carbocycles. The maximum atomic E-state index is 12.5. The highest BCUT2D eigenvalue weighted by Crippen LogP contribution is 2.29. The van der Waals surface area contributed by atoms with Crippen molar-refractivity contribution in [2.45, 2.75) is 57.7 Å². The van der Waals surface area contributed by atoms with Crippen molar-refractivity contribution < 1.29 is 22.8 Å². The fraction of sp³-hybridized carbons (Fsp3) is 0.529. The zero-order valence-electron chi connectivity index (χ0n) is 13.7. The molecule has 0 saturated heterocycles. The Morgan fingerprint density at radius 2 is 1.75 bits per heavy atom. The van der Waals surface area contributed by atoms with Crippen LogP contribution in [0.4, 0.5) is 13.2 Å². The molecule has 3 N–H and O–H groups in total. The number of carbonyl (C=O) groups excluding carboxylic acids is 2. The van der Waals surface area contributed by atoms with Crippen LogP contribution in [0.3, 0.4) is 0 Å². The van der Waals surface area contributed by atoms with E-state index in [9.17, 15) is 22.8 Å². The van der Waals surface area contributed by atoms with Crippen LogP contribution in [-0.2, 0) is 22.2 Å². The number of alkyl halides is 3. The van der Waals surface area contributed by atoms with Gasteiger partial charge in [0.05, 0.1) is 12.0 Å². The van der Waals surface area contributed by atoms with E-state index in [0.717, 1.165) is 37.8 Å². The van der Waals surface area contributed by atoms with E-state index in [4.69, 9.17) is 5.73 Å². The van der Waals surface area contributed by atoms with Crippen LogP contribution in [-0.4, -0.2) is 17.9 Å². The second kappa shape index (κ2) is 9.30. The van der Waals surface area contributed by atoms with Gasteiger partial charge in [-0.05, 0) is 24.1 Å². The van der Waals surface area contributed by atoms with E-state index in [-0.39, 0.29) is 6.42 Å². The molecular formula is C17H23F3N2O2. The molecule has 7 heteroatoms. The Bertz CT molecular complexity index is 542. The molecule has 1 atom stereocenters. The van der Waals surface area contributed by atoms with Crippen LogP contribution in [0.5, 0.6) is 0 Å². The van der Waals surface area contributed by atoms with Gasteiger partial charge in [0.1, 0.15) is 6.04 Å². The van der Waals surface area contributed by atoms with Gasteiger partial charge in [-0.25, -0.2) is 0 Å². The van der Waals surface area contributed by atoms with Crippen molar-refractivity contribution in [2.24, 2.45) is 5.73 Å². The normalized spacial score (nSPS) is 12.7. The maximum absolute atomic E-state index is 12.5. The number of carbonyl (C=O) groups is 2. The molecule has 24 heavy (non-hydrogen) atoms. The third kappa shape index (κ3) is 7.02. The van der Waals surface area contributed by atoms with Gasteiger partial charge in [0.25, 0.3) is 0 Å². The number of rotatable bonds is 9. The van der Waals surface area contributed by atoms with E-state index in [1.807, 2.05) is 0 Å². The molecule has 0 unspecified atom stereocenters. The van der Waals surface area contributed by atoms with Crippen LogP contribution < -0.4 is 11.1 Å². The number of hydrogen-bond acceptors (Lipinski definition) is 2. The Balaban J connectivity index is 2.54. The first-order chi connectivity index (χ1) is 11.2. The van der Waals surface area contributed by atoms with Gasteiger partial charge in [-0.2, -0.15) is 13.2 Å². The number of nitrogens with two attached hydrogens (primary N) is 1. The van der Waals surface area contributed by atoms with Crippen molar-refractivity contribution in [3.8, 4) is 0 Å². The highest BCUT2D eigenvalue weighted by Gasteiger charge is 2.30. The first-order valence-electron chi connectivity index (χ1n) is 7.99. The van der Waals surface area contributed by atoms with Crippen molar-refractivity contribution in [1.82, 2.24) is 5.32 Å². The lowest BCUT2D eigenvalue weighted by Crippen LogP contribution is -2.44. The molecule has 0 aromatic heterocycles. The fourth-order valence-corrected chi connectivity index (χ4v) is 2.30. The minimum absolute atomic E-state index is 0.100. The van der Waals surface area contributed by atoms with Crippen molar-refractivity contribution in [3.63, 3.8) is 0 Å². The summed E-state index contributed by atoms with van der Waals surface area (Å²) in [5, 5.41) is 2.55. The second-order valence-electron chi connectivity index (χ2n) is 5.74. The zero-order chi connectivity index (χ0) is 18.2. The van der Waals surface area contributed by atoms with Gasteiger partial charge < -0.3 is 11.1 Å². The Labute approximate surface area is 139 Å². The first kappa shape index (κ1) is 20.0. The van der Waals surface area contributed by atoms with Gasteiger partial charge in [0, 0.05) is 0 Å². The summed E-state index contributed by atoms with van der Waals surface area (Å²) in [5.41, 5.74) is 4.96. The summed E-state index contributed by atoms with van der Waals surface area (Å²) in [4.78, 5) is 23.3. The molecule has 1 rings (SSSR count). The van der Waals surface area contributed by atoms with Gasteiger partial charge in [-0.15, -0.1) is 0 Å². The smallest absolute Gasteiger partial charge is 0.368 e. The quantitative estimate of drug-likeness (QED) is 0.675. The average molecular weight is 344 g/mol. The largest absolute Gasteiger partial charge is 0.416 e. The SMILES string of the molecule is CCCCCC[C@@H](NC(=O)Cc1ccc(C(F)(F)F)cc1)C(N)=O. The van der Waals surface area contributed by atoms with Gasteiger partial charge >= 0.3 is 6.18 Å². The van der Waals surface area contributed by atoms with Gasteiger partial charge in [-0.1, -0.05) is 44.7 Å².